The van der Waals surface area contributed by atoms with E-state index < -0.39 is 6.10 Å². The van der Waals surface area contributed by atoms with E-state index in [2.05, 4.69) is 16.0 Å². The number of rotatable bonds is 3. The van der Waals surface area contributed by atoms with Gasteiger partial charge in [-0.05, 0) is 42.7 Å². The molecule has 2 atom stereocenters. The lowest BCUT2D eigenvalue weighted by Gasteiger charge is -2.27. The van der Waals surface area contributed by atoms with Crippen molar-refractivity contribution >= 4 is 29.2 Å². The summed E-state index contributed by atoms with van der Waals surface area (Å²) in [6.45, 7) is 4.07. The molecule has 4 rings (SSSR count). The van der Waals surface area contributed by atoms with Crippen molar-refractivity contribution in [2.45, 2.75) is 39.0 Å². The zero-order valence-corrected chi connectivity index (χ0v) is 16.9. The molecule has 0 aromatic heterocycles. The van der Waals surface area contributed by atoms with E-state index in [1.807, 2.05) is 50.2 Å². The van der Waals surface area contributed by atoms with Crippen molar-refractivity contribution in [1.82, 2.24) is 10.2 Å². The Hall–Kier alpha value is -3.55. The van der Waals surface area contributed by atoms with Crippen molar-refractivity contribution in [2.24, 2.45) is 0 Å². The smallest absolute Gasteiger partial charge is 0.318 e. The maximum Gasteiger partial charge on any atom is 0.318 e. The van der Waals surface area contributed by atoms with Gasteiger partial charge in [0.1, 0.15) is 12.3 Å². The lowest BCUT2D eigenvalue weighted by Crippen LogP contribution is -2.43. The van der Waals surface area contributed by atoms with Crippen molar-refractivity contribution < 1.29 is 19.1 Å². The predicted octanol–water partition coefficient (Wildman–Crippen LogP) is 3.02. The molecule has 156 valence electrons. The molecule has 3 N–H and O–H groups in total. The van der Waals surface area contributed by atoms with E-state index in [1.165, 1.54) is 4.90 Å². The van der Waals surface area contributed by atoms with Gasteiger partial charge in [0, 0.05) is 5.69 Å². The van der Waals surface area contributed by atoms with Gasteiger partial charge in [0.2, 0.25) is 5.91 Å². The minimum absolute atomic E-state index is 0.0231. The minimum Gasteiger partial charge on any atom is -0.478 e. The van der Waals surface area contributed by atoms with Crippen LogP contribution in [0.4, 0.5) is 16.2 Å². The number of ether oxygens (including phenoxy) is 1. The zero-order valence-electron chi connectivity index (χ0n) is 16.9. The van der Waals surface area contributed by atoms with Crippen LogP contribution in [0.1, 0.15) is 37.4 Å². The number of carbonyl (C=O) groups excluding carboxylic acids is 3. The Balaban J connectivity index is 1.47. The molecule has 0 saturated carbocycles. The fourth-order valence-electron chi connectivity index (χ4n) is 3.61. The predicted molar refractivity (Wildman–Crippen MR) is 112 cm³/mol. The summed E-state index contributed by atoms with van der Waals surface area (Å²) in [5, 5.41) is 8.61. The van der Waals surface area contributed by atoms with Crippen molar-refractivity contribution in [3.8, 4) is 5.75 Å². The quantitative estimate of drug-likeness (QED) is 0.727. The lowest BCUT2D eigenvalue weighted by atomic mass is 10.1. The van der Waals surface area contributed by atoms with E-state index in [0.29, 0.717) is 24.4 Å². The standard InChI is InChI=1S/C22H24N4O4/c1-3-18-21(28)25-17-9-8-14(10-19(17)30-18)13(2)23-22(29)26-11-15-6-4-5-7-16(15)24-20(27)12-26/h4-10,13,18H,3,11-12H2,1-2H3,(H,23,29)(H,24,27)(H,25,28). The molecule has 0 fully saturated rings. The molecule has 0 bridgehead atoms. The van der Waals surface area contributed by atoms with Crippen molar-refractivity contribution in [1.29, 1.82) is 0 Å². The third kappa shape index (κ3) is 3.94. The summed E-state index contributed by atoms with van der Waals surface area (Å²) in [6.07, 6.45) is 0.0497. The first-order valence-electron chi connectivity index (χ1n) is 9.99. The molecule has 8 heteroatoms. The Kier molecular flexibility index (Phi) is 5.31. The summed E-state index contributed by atoms with van der Waals surface area (Å²) in [6, 6.07) is 12.2. The van der Waals surface area contributed by atoms with Gasteiger partial charge in [0.25, 0.3) is 5.91 Å². The van der Waals surface area contributed by atoms with Crippen LogP contribution in [0.2, 0.25) is 0 Å². The van der Waals surface area contributed by atoms with Crippen molar-refractivity contribution in [2.75, 3.05) is 17.2 Å². The minimum atomic E-state index is -0.520. The third-order valence-corrected chi connectivity index (χ3v) is 5.31. The number of nitrogens with one attached hydrogen (secondary N) is 3. The Labute approximate surface area is 174 Å². The summed E-state index contributed by atoms with van der Waals surface area (Å²) < 4.78 is 5.79. The average Bonchev–Trinajstić information content (AvgIpc) is 2.90. The molecule has 4 amide bonds. The molecule has 2 heterocycles. The van der Waals surface area contributed by atoms with Gasteiger partial charge in [-0.2, -0.15) is 0 Å². The summed E-state index contributed by atoms with van der Waals surface area (Å²) in [7, 11) is 0. The van der Waals surface area contributed by atoms with Crippen LogP contribution in [0, 0.1) is 0 Å². The van der Waals surface area contributed by atoms with Crippen LogP contribution < -0.4 is 20.7 Å². The van der Waals surface area contributed by atoms with E-state index in [0.717, 1.165) is 16.8 Å². The van der Waals surface area contributed by atoms with E-state index >= 15 is 0 Å². The monoisotopic (exact) mass is 408 g/mol. The van der Waals surface area contributed by atoms with Gasteiger partial charge >= 0.3 is 6.03 Å². The van der Waals surface area contributed by atoms with Crippen molar-refractivity contribution in [3.05, 3.63) is 53.6 Å². The van der Waals surface area contributed by atoms with Gasteiger partial charge in [0.05, 0.1) is 18.3 Å². The second-order valence-corrected chi connectivity index (χ2v) is 7.49. The Morgan fingerprint density at radius 1 is 1.17 bits per heavy atom. The molecule has 8 nitrogen and oxygen atoms in total. The average molecular weight is 408 g/mol. The number of hydrogen-bond donors (Lipinski definition) is 3. The molecule has 0 saturated heterocycles. The number of hydrogen-bond acceptors (Lipinski definition) is 4. The highest BCUT2D eigenvalue weighted by molar-refractivity contribution is 5.98. The van der Waals surface area contributed by atoms with Crippen LogP contribution in [0.25, 0.3) is 0 Å². The van der Waals surface area contributed by atoms with E-state index in [9.17, 15) is 14.4 Å². The maximum absolute atomic E-state index is 12.9. The number of benzene rings is 2. The van der Waals surface area contributed by atoms with Crippen LogP contribution in [-0.4, -0.2) is 35.4 Å². The first kappa shape index (κ1) is 19.8. The molecule has 0 radical (unpaired) electrons. The van der Waals surface area contributed by atoms with Crippen LogP contribution in [0.15, 0.2) is 42.5 Å². The summed E-state index contributed by atoms with van der Waals surface area (Å²) in [4.78, 5) is 38.5. The number of para-hydroxylation sites is 1. The third-order valence-electron chi connectivity index (χ3n) is 5.31. The first-order valence-corrected chi connectivity index (χ1v) is 9.99. The van der Waals surface area contributed by atoms with Gasteiger partial charge in [-0.1, -0.05) is 31.2 Å². The van der Waals surface area contributed by atoms with E-state index in [4.69, 9.17) is 4.74 Å². The number of anilines is 2. The highest BCUT2D eigenvalue weighted by atomic mass is 16.5. The number of amides is 4. The largest absolute Gasteiger partial charge is 0.478 e. The van der Waals surface area contributed by atoms with Gasteiger partial charge in [-0.3, -0.25) is 9.59 Å². The summed E-state index contributed by atoms with van der Waals surface area (Å²) >= 11 is 0. The second kappa shape index (κ2) is 8.06. The SMILES string of the molecule is CCC1Oc2cc(C(C)NC(=O)N3CC(=O)Nc4ccccc4C3)ccc2NC1=O. The molecular formula is C22H24N4O4. The molecule has 2 aromatic rings. The molecule has 30 heavy (non-hydrogen) atoms. The van der Waals surface area contributed by atoms with E-state index in [-0.39, 0.29) is 30.4 Å². The molecule has 0 aliphatic carbocycles. The van der Waals surface area contributed by atoms with Crippen LogP contribution in [0.3, 0.4) is 0 Å². The highest BCUT2D eigenvalue weighted by Crippen LogP contribution is 2.33. The van der Waals surface area contributed by atoms with E-state index in [1.54, 1.807) is 6.07 Å². The number of urea groups is 1. The normalized spacial score (nSPS) is 18.7. The first-order chi connectivity index (χ1) is 14.4. The van der Waals surface area contributed by atoms with Crippen LogP contribution >= 0.6 is 0 Å². The fourth-order valence-corrected chi connectivity index (χ4v) is 3.61. The lowest BCUT2D eigenvalue weighted by molar-refractivity contribution is -0.123. The van der Waals surface area contributed by atoms with Gasteiger partial charge in [0.15, 0.2) is 6.10 Å². The topological polar surface area (TPSA) is 99.8 Å². The summed E-state index contributed by atoms with van der Waals surface area (Å²) in [5.41, 5.74) is 3.07. The second-order valence-electron chi connectivity index (χ2n) is 7.49. The zero-order chi connectivity index (χ0) is 21.3. The van der Waals surface area contributed by atoms with Gasteiger partial charge in [-0.25, -0.2) is 4.79 Å². The highest BCUT2D eigenvalue weighted by Gasteiger charge is 2.27. The number of nitrogens with zero attached hydrogens (tertiary/aromatic N) is 1. The van der Waals surface area contributed by atoms with Crippen molar-refractivity contribution in [3.63, 3.8) is 0 Å². The van der Waals surface area contributed by atoms with Gasteiger partial charge in [-0.15, -0.1) is 0 Å². The van der Waals surface area contributed by atoms with Gasteiger partial charge < -0.3 is 25.6 Å². The molecule has 2 aromatic carbocycles. The molecule has 2 aliphatic heterocycles. The summed E-state index contributed by atoms with van der Waals surface area (Å²) in [5.74, 6) is 0.202. The Bertz CT molecular complexity index is 1010. The van der Waals surface area contributed by atoms with Crippen LogP contribution in [0.5, 0.6) is 5.75 Å². The Morgan fingerprint density at radius 2 is 1.97 bits per heavy atom. The van der Waals surface area contributed by atoms with Crippen LogP contribution in [-0.2, 0) is 16.1 Å². The molecule has 0 spiro atoms. The maximum atomic E-state index is 12.9. The number of fused-ring (bicyclic) bond motifs is 2. The fraction of sp³-hybridized carbons (Fsp3) is 0.318. The molecule has 2 aliphatic rings. The molecular weight excluding hydrogens is 384 g/mol. The molecule has 2 unspecified atom stereocenters. The Morgan fingerprint density at radius 3 is 2.77 bits per heavy atom. The number of carbonyl (C=O) groups is 3.